The van der Waals surface area contributed by atoms with Crippen molar-refractivity contribution in [3.8, 4) is 11.3 Å². The predicted molar refractivity (Wildman–Crippen MR) is 79.8 cm³/mol. The quantitative estimate of drug-likeness (QED) is 0.519. The van der Waals surface area contributed by atoms with Gasteiger partial charge in [-0.15, -0.1) is 0 Å². The van der Waals surface area contributed by atoms with E-state index in [1.165, 1.54) is 6.07 Å². The first-order valence-corrected chi connectivity index (χ1v) is 6.94. The van der Waals surface area contributed by atoms with Gasteiger partial charge >= 0.3 is 0 Å². The summed E-state index contributed by atoms with van der Waals surface area (Å²) in [6, 6.07) is 11.8. The van der Waals surface area contributed by atoms with E-state index in [1.807, 2.05) is 30.3 Å². The number of benzene rings is 2. The molecule has 5 heteroatoms. The van der Waals surface area contributed by atoms with Crippen LogP contribution in [0.5, 0.6) is 0 Å². The van der Waals surface area contributed by atoms with Gasteiger partial charge in [-0.2, -0.15) is 0 Å². The molecule has 3 aromatic rings. The van der Waals surface area contributed by atoms with Crippen molar-refractivity contribution in [1.29, 1.82) is 0 Å². The number of hydrogen-bond donors (Lipinski definition) is 0. The molecular weight excluding hydrogens is 348 g/mol. The van der Waals surface area contributed by atoms with Crippen LogP contribution in [0.2, 0.25) is 5.02 Å². The Balaban J connectivity index is 2.36. The van der Waals surface area contributed by atoms with E-state index in [1.54, 1.807) is 0 Å². The second-order valence-corrected chi connectivity index (χ2v) is 5.49. The topological polar surface area (TPSA) is 12.9 Å². The molecule has 0 saturated carbocycles. The summed E-state index contributed by atoms with van der Waals surface area (Å²) in [4.78, 5) is 4.19. The van der Waals surface area contributed by atoms with Crippen LogP contribution in [0, 0.1) is 11.6 Å². The normalized spacial score (nSPS) is 11.0. The number of aromatic nitrogens is 1. The van der Waals surface area contributed by atoms with Crippen molar-refractivity contribution in [3.05, 3.63) is 63.6 Å². The average Bonchev–Trinajstić information content (AvgIpc) is 2.45. The van der Waals surface area contributed by atoms with Crippen LogP contribution in [0.3, 0.4) is 0 Å². The van der Waals surface area contributed by atoms with Gasteiger partial charge < -0.3 is 0 Å². The molecule has 0 unspecified atom stereocenters. The van der Waals surface area contributed by atoms with Gasteiger partial charge in [0.05, 0.1) is 20.6 Å². The van der Waals surface area contributed by atoms with Crippen molar-refractivity contribution >= 4 is 38.4 Å². The van der Waals surface area contributed by atoms with Crippen LogP contribution in [0.15, 0.2) is 46.9 Å². The molecule has 1 heterocycles. The summed E-state index contributed by atoms with van der Waals surface area (Å²) in [5.74, 6) is -1.23. The molecule has 3 rings (SSSR count). The lowest BCUT2D eigenvalue weighted by atomic mass is 10.1. The number of pyridine rings is 1. The molecule has 0 aliphatic rings. The van der Waals surface area contributed by atoms with Gasteiger partial charge in [-0.25, -0.2) is 13.8 Å². The Bertz CT molecular complexity index is 806. The highest BCUT2D eigenvalue weighted by atomic mass is 79.9. The van der Waals surface area contributed by atoms with E-state index in [9.17, 15) is 8.78 Å². The lowest BCUT2D eigenvalue weighted by molar-refractivity contribution is 0.610. The molecule has 100 valence electrons. The lowest BCUT2D eigenvalue weighted by Crippen LogP contribution is -1.94. The van der Waals surface area contributed by atoms with Gasteiger partial charge in [0.1, 0.15) is 11.3 Å². The van der Waals surface area contributed by atoms with Gasteiger partial charge in [-0.05, 0) is 28.1 Å². The molecule has 0 atom stereocenters. The molecule has 0 N–H and O–H groups in total. The molecule has 0 aliphatic heterocycles. The highest BCUT2D eigenvalue weighted by Crippen LogP contribution is 2.34. The summed E-state index contributed by atoms with van der Waals surface area (Å²) in [5, 5.41) is 0.116. The van der Waals surface area contributed by atoms with E-state index in [4.69, 9.17) is 11.6 Å². The van der Waals surface area contributed by atoms with E-state index in [0.717, 1.165) is 11.6 Å². The Morgan fingerprint density at radius 1 is 1.05 bits per heavy atom. The Labute approximate surface area is 127 Å². The van der Waals surface area contributed by atoms with Crippen LogP contribution in [-0.2, 0) is 0 Å². The van der Waals surface area contributed by atoms with E-state index in [0.29, 0.717) is 5.69 Å². The number of nitrogens with zero attached hydrogens (tertiary/aromatic N) is 1. The minimum Gasteiger partial charge on any atom is -0.244 e. The fourth-order valence-electron chi connectivity index (χ4n) is 2.01. The minimum atomic E-state index is -0.618. The molecule has 0 saturated heterocycles. The van der Waals surface area contributed by atoms with Crippen molar-refractivity contribution in [2.75, 3.05) is 0 Å². The number of hydrogen-bond acceptors (Lipinski definition) is 1. The maximum Gasteiger partial charge on any atom is 0.150 e. The molecule has 20 heavy (non-hydrogen) atoms. The molecule has 0 fully saturated rings. The molecule has 2 aromatic carbocycles. The zero-order valence-corrected chi connectivity index (χ0v) is 12.3. The van der Waals surface area contributed by atoms with Gasteiger partial charge in [0, 0.05) is 5.56 Å². The molecule has 0 spiro atoms. The summed E-state index contributed by atoms with van der Waals surface area (Å²) in [5.41, 5.74) is 1.22. The zero-order valence-electron chi connectivity index (χ0n) is 10.0. The van der Waals surface area contributed by atoms with E-state index in [2.05, 4.69) is 20.9 Å². The van der Waals surface area contributed by atoms with Gasteiger partial charge in [0.25, 0.3) is 0 Å². The molecule has 0 bridgehead atoms. The SMILES string of the molecule is Fc1cc(Br)c(F)c2c(Cl)cc(-c3ccccc3)nc12. The highest BCUT2D eigenvalue weighted by molar-refractivity contribution is 9.10. The summed E-state index contributed by atoms with van der Waals surface area (Å²) >= 11 is 9.06. The molecule has 0 radical (unpaired) electrons. The third kappa shape index (κ3) is 2.19. The van der Waals surface area contributed by atoms with Gasteiger partial charge in [-0.1, -0.05) is 41.9 Å². The highest BCUT2D eigenvalue weighted by Gasteiger charge is 2.16. The summed E-state index contributed by atoms with van der Waals surface area (Å²) in [6.07, 6.45) is 0. The van der Waals surface area contributed by atoms with Crippen molar-refractivity contribution < 1.29 is 8.78 Å². The Morgan fingerprint density at radius 2 is 1.75 bits per heavy atom. The fourth-order valence-corrected chi connectivity index (χ4v) is 2.69. The second-order valence-electron chi connectivity index (χ2n) is 4.23. The molecule has 1 nitrogen and oxygen atoms in total. The number of halogens is 4. The Kier molecular flexibility index (Phi) is 3.44. The van der Waals surface area contributed by atoms with Crippen molar-refractivity contribution in [3.63, 3.8) is 0 Å². The minimum absolute atomic E-state index is 0.0155. The standard InChI is InChI=1S/C15H7BrClF2N/c16-9-6-11(18)15-13(14(9)19)10(17)7-12(20-15)8-4-2-1-3-5-8/h1-7H. The maximum atomic E-state index is 14.0. The predicted octanol–water partition coefficient (Wildman–Crippen LogP) is 5.60. The smallest absolute Gasteiger partial charge is 0.150 e. The first-order chi connectivity index (χ1) is 9.58. The maximum absolute atomic E-state index is 14.0. The summed E-state index contributed by atoms with van der Waals surface area (Å²) in [7, 11) is 0. The lowest BCUT2D eigenvalue weighted by Gasteiger charge is -2.08. The van der Waals surface area contributed by atoms with Crippen LogP contribution >= 0.6 is 27.5 Å². The first-order valence-electron chi connectivity index (χ1n) is 5.77. The zero-order chi connectivity index (χ0) is 14.3. The fraction of sp³-hybridized carbons (Fsp3) is 0. The van der Waals surface area contributed by atoms with E-state index < -0.39 is 11.6 Å². The second kappa shape index (κ2) is 5.11. The summed E-state index contributed by atoms with van der Waals surface area (Å²) < 4.78 is 28.0. The van der Waals surface area contributed by atoms with Crippen LogP contribution in [0.4, 0.5) is 8.78 Å². The monoisotopic (exact) mass is 353 g/mol. The van der Waals surface area contributed by atoms with Gasteiger partial charge in [0.15, 0.2) is 5.82 Å². The van der Waals surface area contributed by atoms with Crippen LogP contribution in [-0.4, -0.2) is 4.98 Å². The van der Waals surface area contributed by atoms with E-state index in [-0.39, 0.29) is 20.4 Å². The Hall–Kier alpha value is -1.52. The molecule has 1 aromatic heterocycles. The molecule has 0 amide bonds. The third-order valence-electron chi connectivity index (χ3n) is 2.95. The van der Waals surface area contributed by atoms with Gasteiger partial charge in [-0.3, -0.25) is 0 Å². The number of rotatable bonds is 1. The number of fused-ring (bicyclic) bond motifs is 1. The first kappa shape index (κ1) is 13.5. The van der Waals surface area contributed by atoms with Crippen LogP contribution in [0.1, 0.15) is 0 Å². The third-order valence-corrected chi connectivity index (χ3v) is 3.82. The van der Waals surface area contributed by atoms with Gasteiger partial charge in [0.2, 0.25) is 0 Å². The molecular formula is C15H7BrClF2N. The molecule has 0 aliphatic carbocycles. The van der Waals surface area contributed by atoms with Crippen LogP contribution < -0.4 is 0 Å². The average molecular weight is 355 g/mol. The van der Waals surface area contributed by atoms with Crippen molar-refractivity contribution in [2.45, 2.75) is 0 Å². The van der Waals surface area contributed by atoms with Crippen molar-refractivity contribution in [1.82, 2.24) is 4.98 Å². The Morgan fingerprint density at radius 3 is 2.45 bits per heavy atom. The van der Waals surface area contributed by atoms with E-state index >= 15 is 0 Å². The largest absolute Gasteiger partial charge is 0.244 e. The summed E-state index contributed by atoms with van der Waals surface area (Å²) in [6.45, 7) is 0. The van der Waals surface area contributed by atoms with Crippen LogP contribution in [0.25, 0.3) is 22.2 Å². The van der Waals surface area contributed by atoms with Crippen molar-refractivity contribution in [2.24, 2.45) is 0 Å².